The fraction of sp³-hybridized carbons (Fsp3) is 0.553. The molecule has 2 fully saturated rings. The van der Waals surface area contributed by atoms with Crippen LogP contribution in [0.5, 0.6) is 11.5 Å². The predicted molar refractivity (Wildman–Crippen MR) is 173 cm³/mol. The number of hydrogen-bond donors (Lipinski definition) is 2. The normalized spacial score (nSPS) is 28.4. The molecule has 44 heavy (non-hydrogen) atoms. The van der Waals surface area contributed by atoms with Gasteiger partial charge in [0.2, 0.25) is 0 Å². The van der Waals surface area contributed by atoms with Crippen molar-refractivity contribution in [1.82, 2.24) is 0 Å². The molecular formula is C38H50O6. The van der Waals surface area contributed by atoms with Crippen molar-refractivity contribution in [2.75, 3.05) is 0 Å². The van der Waals surface area contributed by atoms with Crippen molar-refractivity contribution in [2.24, 2.45) is 28.1 Å². The Morgan fingerprint density at radius 1 is 0.841 bits per heavy atom. The van der Waals surface area contributed by atoms with Crippen LogP contribution in [-0.2, 0) is 14.3 Å². The van der Waals surface area contributed by atoms with E-state index in [1.54, 1.807) is 0 Å². The van der Waals surface area contributed by atoms with E-state index in [-0.39, 0.29) is 46.7 Å². The molecule has 2 bridgehead atoms. The topological polar surface area (TPSA) is 101 Å². The smallest absolute Gasteiger partial charge is 0.200 e. The summed E-state index contributed by atoms with van der Waals surface area (Å²) in [6.45, 7) is 20.1. The van der Waals surface area contributed by atoms with Crippen LogP contribution in [0, 0.1) is 28.1 Å². The lowest BCUT2D eigenvalue weighted by Crippen LogP contribution is -2.69. The number of phenolic OH excluding ortho intramolecular Hbond substituents is 2. The molecule has 0 unspecified atom stereocenters. The fourth-order valence-electron chi connectivity index (χ4n) is 7.72. The Labute approximate surface area is 263 Å². The van der Waals surface area contributed by atoms with Crippen molar-refractivity contribution in [2.45, 2.75) is 107 Å². The molecule has 2 N–H and O–H groups in total. The molecule has 3 aliphatic rings. The maximum Gasteiger partial charge on any atom is 0.200 e. The number of carbonyl (C=O) groups is 3. The van der Waals surface area contributed by atoms with Gasteiger partial charge in [-0.05, 0) is 117 Å². The first-order valence-corrected chi connectivity index (χ1v) is 15.8. The number of Topliss-reactive ketones (excluding diaryl/α,β-unsaturated/α-hetero) is 3. The molecule has 238 valence electrons. The van der Waals surface area contributed by atoms with Gasteiger partial charge in [0, 0.05) is 11.5 Å². The summed E-state index contributed by atoms with van der Waals surface area (Å²) in [5, 5.41) is 20.2. The van der Waals surface area contributed by atoms with Gasteiger partial charge < -0.3 is 14.9 Å². The van der Waals surface area contributed by atoms with E-state index < -0.39 is 39.2 Å². The third-order valence-electron chi connectivity index (χ3n) is 10.7. The van der Waals surface area contributed by atoms with Crippen LogP contribution in [0.4, 0.5) is 0 Å². The number of carbonyl (C=O) groups excluding carboxylic acids is 3. The molecule has 0 amide bonds. The Hall–Kier alpha value is -3.41. The fourth-order valence-corrected chi connectivity index (χ4v) is 7.72. The molecule has 1 spiro atoms. The monoisotopic (exact) mass is 602 g/mol. The van der Waals surface area contributed by atoms with Gasteiger partial charge in [0.1, 0.15) is 22.3 Å². The first-order valence-electron chi connectivity index (χ1n) is 15.8. The molecule has 4 rings (SSSR count). The van der Waals surface area contributed by atoms with Gasteiger partial charge >= 0.3 is 0 Å². The molecule has 1 heterocycles. The van der Waals surface area contributed by atoms with E-state index in [1.165, 1.54) is 29.3 Å². The third kappa shape index (κ3) is 5.28. The highest BCUT2D eigenvalue weighted by atomic mass is 16.5. The van der Waals surface area contributed by atoms with Crippen LogP contribution < -0.4 is 0 Å². The summed E-state index contributed by atoms with van der Waals surface area (Å²) in [7, 11) is 0. The lowest BCUT2D eigenvalue weighted by molar-refractivity contribution is -0.188. The highest BCUT2D eigenvalue weighted by Gasteiger charge is 2.74. The van der Waals surface area contributed by atoms with Gasteiger partial charge in [0.25, 0.3) is 0 Å². The quantitative estimate of drug-likeness (QED) is 0.102. The average molecular weight is 603 g/mol. The largest absolute Gasteiger partial charge is 0.504 e. The zero-order valence-corrected chi connectivity index (χ0v) is 28.2. The molecule has 2 aliphatic carbocycles. The van der Waals surface area contributed by atoms with Gasteiger partial charge in [-0.3, -0.25) is 14.4 Å². The van der Waals surface area contributed by atoms with Crippen LogP contribution in [-0.4, -0.2) is 33.2 Å². The number of allylic oxidation sites excluding steroid dienone is 8. The number of fused-ring (bicyclic) bond motifs is 1. The molecule has 6 heteroatoms. The van der Waals surface area contributed by atoms with Crippen LogP contribution in [0.15, 0.2) is 64.5 Å². The van der Waals surface area contributed by atoms with Crippen molar-refractivity contribution in [1.29, 1.82) is 0 Å². The number of benzene rings is 1. The summed E-state index contributed by atoms with van der Waals surface area (Å²) in [6.07, 6.45) is 8.89. The summed E-state index contributed by atoms with van der Waals surface area (Å²) in [5.41, 5.74) is -0.866. The lowest BCUT2D eigenvalue weighted by atomic mass is 9.39. The molecule has 6 nitrogen and oxygen atoms in total. The summed E-state index contributed by atoms with van der Waals surface area (Å²) < 4.78 is 6.81. The van der Waals surface area contributed by atoms with Crippen molar-refractivity contribution < 1.29 is 29.3 Å². The van der Waals surface area contributed by atoms with Gasteiger partial charge in [-0.2, -0.15) is 0 Å². The van der Waals surface area contributed by atoms with E-state index in [1.807, 2.05) is 47.6 Å². The van der Waals surface area contributed by atoms with Crippen molar-refractivity contribution in [3.63, 3.8) is 0 Å². The lowest BCUT2D eigenvalue weighted by Gasteiger charge is -2.64. The molecule has 1 saturated heterocycles. The van der Waals surface area contributed by atoms with Crippen molar-refractivity contribution in [3.8, 4) is 11.5 Å². The molecule has 4 atom stereocenters. The number of hydrogen-bond acceptors (Lipinski definition) is 6. The van der Waals surface area contributed by atoms with E-state index in [0.29, 0.717) is 25.7 Å². The molecular weight excluding hydrogens is 552 g/mol. The van der Waals surface area contributed by atoms with Crippen LogP contribution in [0.25, 0.3) is 0 Å². The van der Waals surface area contributed by atoms with Crippen molar-refractivity contribution in [3.05, 3.63) is 70.0 Å². The summed E-state index contributed by atoms with van der Waals surface area (Å²) in [4.78, 5) is 44.9. The van der Waals surface area contributed by atoms with Crippen LogP contribution in [0.3, 0.4) is 0 Å². The number of phenols is 2. The Morgan fingerprint density at radius 2 is 1.39 bits per heavy atom. The highest BCUT2D eigenvalue weighted by Crippen LogP contribution is 2.69. The van der Waals surface area contributed by atoms with E-state index in [2.05, 4.69) is 39.8 Å². The van der Waals surface area contributed by atoms with E-state index in [4.69, 9.17) is 4.74 Å². The van der Waals surface area contributed by atoms with Crippen LogP contribution in [0.2, 0.25) is 0 Å². The SMILES string of the molecule is CC(C)=CC[C@@H]1C[C@@]23C[C@@H](CC=C(C)C)C(C)(C)[C@@](CC=C(C)C)(C(=O)C(C(=O)c4ccc(O)c(O)c4)=C2OC1(C)C)C3=O. The van der Waals surface area contributed by atoms with E-state index in [9.17, 15) is 15.0 Å². The molecule has 1 aliphatic heterocycles. The van der Waals surface area contributed by atoms with Gasteiger partial charge in [0.15, 0.2) is 28.8 Å². The Morgan fingerprint density at radius 3 is 1.93 bits per heavy atom. The zero-order valence-electron chi connectivity index (χ0n) is 28.2. The maximum absolute atomic E-state index is 15.3. The van der Waals surface area contributed by atoms with Crippen LogP contribution in [0.1, 0.15) is 112 Å². The Kier molecular flexibility index (Phi) is 8.75. The number of aromatic hydroxyl groups is 2. The van der Waals surface area contributed by atoms with Crippen LogP contribution >= 0.6 is 0 Å². The van der Waals surface area contributed by atoms with E-state index >= 15 is 9.59 Å². The molecule has 0 aromatic heterocycles. The summed E-state index contributed by atoms with van der Waals surface area (Å²) in [5.74, 6) is -1.93. The second-order valence-electron chi connectivity index (χ2n) is 15.1. The average Bonchev–Trinajstić information content (AvgIpc) is 2.91. The van der Waals surface area contributed by atoms with Crippen molar-refractivity contribution >= 4 is 17.3 Å². The standard InChI is InChI=1S/C38H50O6/c1-22(2)11-14-26-20-37-21-27(15-12-23(3)4)36(9,10)44-33(37)30(31(41)25-13-16-28(39)29(40)19-25)32(42)38(34(37)43,35(26,7)8)18-17-24(5)6/h11-13,16-17,19,26-27,39-40H,14-15,18,20-21H2,1-10H3/t26-,27-,37+,38+/m1/s1. The highest BCUT2D eigenvalue weighted by molar-refractivity contribution is 6.35. The predicted octanol–water partition coefficient (Wildman–Crippen LogP) is 8.59. The minimum Gasteiger partial charge on any atom is -0.504 e. The minimum atomic E-state index is -1.48. The molecule has 1 aromatic rings. The first-order chi connectivity index (χ1) is 20.3. The second-order valence-corrected chi connectivity index (χ2v) is 15.1. The zero-order chi connectivity index (χ0) is 33.0. The summed E-state index contributed by atoms with van der Waals surface area (Å²) in [6, 6.07) is 3.81. The second kappa shape index (κ2) is 11.5. The molecule has 0 radical (unpaired) electrons. The van der Waals surface area contributed by atoms with Gasteiger partial charge in [-0.1, -0.05) is 48.8 Å². The third-order valence-corrected chi connectivity index (χ3v) is 10.7. The minimum absolute atomic E-state index is 0.0251. The molecule has 1 aromatic carbocycles. The molecule has 1 saturated carbocycles. The number of ketones is 3. The Bertz CT molecular complexity index is 1500. The summed E-state index contributed by atoms with van der Waals surface area (Å²) >= 11 is 0. The number of ether oxygens (including phenoxy) is 1. The Balaban J connectivity index is 2.10. The van der Waals surface area contributed by atoms with E-state index in [0.717, 1.165) is 5.57 Å². The first kappa shape index (κ1) is 33.5. The number of rotatable bonds is 8. The van der Waals surface area contributed by atoms with Gasteiger partial charge in [-0.15, -0.1) is 0 Å². The van der Waals surface area contributed by atoms with Gasteiger partial charge in [0.05, 0.1) is 5.41 Å². The maximum atomic E-state index is 15.3. The van der Waals surface area contributed by atoms with Gasteiger partial charge in [-0.25, -0.2) is 0 Å².